The summed E-state index contributed by atoms with van der Waals surface area (Å²) in [6.07, 6.45) is 0.854. The van der Waals surface area contributed by atoms with Gasteiger partial charge in [0.05, 0.1) is 18.9 Å². The van der Waals surface area contributed by atoms with Crippen molar-refractivity contribution in [1.82, 2.24) is 15.6 Å². The molecule has 5 nitrogen and oxygen atoms in total. The Balaban J connectivity index is 1.75. The highest BCUT2D eigenvalue weighted by molar-refractivity contribution is 7.80. The topological polar surface area (TPSA) is 48.9 Å². The van der Waals surface area contributed by atoms with E-state index >= 15 is 0 Å². The summed E-state index contributed by atoms with van der Waals surface area (Å²) in [6, 6.07) is 8.38. The first-order valence-corrected chi connectivity index (χ1v) is 8.57. The Morgan fingerprint density at radius 3 is 2.61 bits per heavy atom. The van der Waals surface area contributed by atoms with Gasteiger partial charge in [0.2, 0.25) is 0 Å². The number of thiocarbonyl (C=S) groups is 1. The predicted octanol–water partition coefficient (Wildman–Crippen LogP) is 1.91. The minimum absolute atomic E-state index is 0.566. The highest BCUT2D eigenvalue weighted by atomic mass is 32.1. The van der Waals surface area contributed by atoms with Crippen molar-refractivity contribution in [3.05, 3.63) is 35.4 Å². The van der Waals surface area contributed by atoms with Crippen molar-refractivity contribution in [1.29, 1.82) is 0 Å². The van der Waals surface area contributed by atoms with Crippen LogP contribution in [0.25, 0.3) is 0 Å². The van der Waals surface area contributed by atoms with Crippen LogP contribution in [0.3, 0.4) is 0 Å². The highest BCUT2D eigenvalue weighted by Gasteiger charge is 2.09. The van der Waals surface area contributed by atoms with Gasteiger partial charge >= 0.3 is 0 Å². The van der Waals surface area contributed by atoms with E-state index in [1.165, 1.54) is 5.56 Å². The predicted molar refractivity (Wildman–Crippen MR) is 99.0 cm³/mol. The van der Waals surface area contributed by atoms with E-state index in [9.17, 15) is 0 Å². The van der Waals surface area contributed by atoms with Crippen LogP contribution in [0.5, 0.6) is 0 Å². The van der Waals surface area contributed by atoms with Crippen LogP contribution in [0.4, 0.5) is 0 Å². The molecule has 1 aliphatic heterocycles. The van der Waals surface area contributed by atoms with Crippen LogP contribution in [0.15, 0.2) is 29.4 Å². The molecule has 2 N–H and O–H groups in total. The molecule has 126 valence electrons. The summed E-state index contributed by atoms with van der Waals surface area (Å²) in [5.41, 5.74) is 6.33. The molecular weight excluding hydrogens is 308 g/mol. The maximum atomic E-state index is 5.34. The number of morpholine rings is 1. The van der Waals surface area contributed by atoms with E-state index in [-0.39, 0.29) is 0 Å². The van der Waals surface area contributed by atoms with Gasteiger partial charge in [0.25, 0.3) is 0 Å². The summed E-state index contributed by atoms with van der Waals surface area (Å²) in [5, 5.41) is 8.20. The van der Waals surface area contributed by atoms with Crippen LogP contribution >= 0.6 is 12.2 Å². The van der Waals surface area contributed by atoms with E-state index in [0.717, 1.165) is 57.1 Å². The van der Waals surface area contributed by atoms with Gasteiger partial charge in [-0.15, -0.1) is 0 Å². The Morgan fingerprint density at radius 1 is 1.26 bits per heavy atom. The second-order valence-corrected chi connectivity index (χ2v) is 6.01. The molecule has 0 amide bonds. The highest BCUT2D eigenvalue weighted by Crippen LogP contribution is 2.06. The Morgan fingerprint density at radius 2 is 1.96 bits per heavy atom. The number of nitrogens with zero attached hydrogens (tertiary/aromatic N) is 2. The first-order valence-electron chi connectivity index (χ1n) is 8.16. The van der Waals surface area contributed by atoms with Crippen molar-refractivity contribution in [2.75, 3.05) is 39.4 Å². The number of hydrogen-bond acceptors (Lipinski definition) is 4. The Bertz CT molecular complexity index is 524. The van der Waals surface area contributed by atoms with Crippen molar-refractivity contribution >= 4 is 23.0 Å². The molecule has 1 heterocycles. The minimum Gasteiger partial charge on any atom is -0.379 e. The summed E-state index contributed by atoms with van der Waals surface area (Å²) in [4.78, 5) is 2.37. The molecule has 0 spiro atoms. The van der Waals surface area contributed by atoms with Gasteiger partial charge in [-0.25, -0.2) is 0 Å². The summed E-state index contributed by atoms with van der Waals surface area (Å²) in [7, 11) is 0. The number of benzene rings is 1. The maximum absolute atomic E-state index is 5.34. The van der Waals surface area contributed by atoms with Gasteiger partial charge in [-0.3, -0.25) is 10.3 Å². The molecule has 0 aliphatic carbocycles. The number of nitrogens with one attached hydrogen (secondary N) is 2. The fourth-order valence-electron chi connectivity index (χ4n) is 2.40. The van der Waals surface area contributed by atoms with Crippen molar-refractivity contribution in [2.45, 2.75) is 20.3 Å². The zero-order valence-corrected chi connectivity index (χ0v) is 14.8. The lowest BCUT2D eigenvalue weighted by Gasteiger charge is -2.26. The lowest BCUT2D eigenvalue weighted by atomic mass is 10.1. The van der Waals surface area contributed by atoms with Crippen LogP contribution in [-0.2, 0) is 4.74 Å². The van der Waals surface area contributed by atoms with E-state index in [1.807, 2.05) is 0 Å². The van der Waals surface area contributed by atoms with Crippen molar-refractivity contribution in [2.24, 2.45) is 5.10 Å². The molecule has 0 atom stereocenters. The molecule has 0 unspecified atom stereocenters. The van der Waals surface area contributed by atoms with Crippen molar-refractivity contribution in [3.63, 3.8) is 0 Å². The number of aryl methyl sites for hydroxylation is 1. The molecule has 1 fully saturated rings. The molecule has 2 rings (SSSR count). The van der Waals surface area contributed by atoms with Crippen LogP contribution in [0.1, 0.15) is 24.5 Å². The number of ether oxygens (including phenoxy) is 1. The Hall–Kier alpha value is -1.50. The smallest absolute Gasteiger partial charge is 0.187 e. The van der Waals surface area contributed by atoms with Crippen molar-refractivity contribution < 1.29 is 4.74 Å². The number of hydrazone groups is 1. The van der Waals surface area contributed by atoms with E-state index in [2.05, 4.69) is 58.9 Å². The third-order valence-electron chi connectivity index (χ3n) is 3.83. The molecule has 0 saturated carbocycles. The second kappa shape index (κ2) is 9.60. The van der Waals surface area contributed by atoms with Crippen LogP contribution in [0.2, 0.25) is 0 Å². The van der Waals surface area contributed by atoms with Crippen molar-refractivity contribution in [3.8, 4) is 0 Å². The Labute approximate surface area is 144 Å². The monoisotopic (exact) mass is 334 g/mol. The van der Waals surface area contributed by atoms with Crippen LogP contribution in [-0.4, -0.2) is 55.1 Å². The molecule has 0 bridgehead atoms. The quantitative estimate of drug-likeness (QED) is 0.473. The van der Waals surface area contributed by atoms with Gasteiger partial charge in [0.1, 0.15) is 0 Å². The number of hydrogen-bond donors (Lipinski definition) is 2. The van der Waals surface area contributed by atoms with Gasteiger partial charge in [-0.2, -0.15) is 5.10 Å². The SMILES string of the molecule is CC/C(=N/NC(=S)NCCN1CCOCC1)c1ccc(C)cc1. The Kier molecular flexibility index (Phi) is 7.45. The van der Waals surface area contributed by atoms with E-state index < -0.39 is 0 Å². The molecule has 0 aromatic heterocycles. The fourth-order valence-corrected chi connectivity index (χ4v) is 2.55. The van der Waals surface area contributed by atoms with Gasteiger partial charge < -0.3 is 10.1 Å². The first-order chi connectivity index (χ1) is 11.2. The van der Waals surface area contributed by atoms with Gasteiger partial charge in [0.15, 0.2) is 5.11 Å². The zero-order valence-electron chi connectivity index (χ0n) is 14.0. The molecule has 1 aromatic carbocycles. The van der Waals surface area contributed by atoms with Gasteiger partial charge in [-0.1, -0.05) is 36.8 Å². The maximum Gasteiger partial charge on any atom is 0.187 e. The summed E-state index contributed by atoms with van der Waals surface area (Å²) < 4.78 is 5.34. The van der Waals surface area contributed by atoms with Gasteiger partial charge in [-0.05, 0) is 31.1 Å². The normalized spacial score (nSPS) is 16.2. The third kappa shape index (κ3) is 6.25. The average Bonchev–Trinajstić information content (AvgIpc) is 2.58. The lowest BCUT2D eigenvalue weighted by molar-refractivity contribution is 0.0389. The van der Waals surface area contributed by atoms with E-state index in [4.69, 9.17) is 17.0 Å². The summed E-state index contributed by atoms with van der Waals surface area (Å²) >= 11 is 5.29. The largest absolute Gasteiger partial charge is 0.379 e. The average molecular weight is 334 g/mol. The molecule has 23 heavy (non-hydrogen) atoms. The van der Waals surface area contributed by atoms with Crippen LogP contribution < -0.4 is 10.7 Å². The second-order valence-electron chi connectivity index (χ2n) is 5.60. The molecular formula is C17H26N4OS. The van der Waals surface area contributed by atoms with E-state index in [0.29, 0.717) is 5.11 Å². The van der Waals surface area contributed by atoms with E-state index in [1.54, 1.807) is 0 Å². The molecule has 1 aliphatic rings. The number of rotatable bonds is 6. The standard InChI is InChI=1S/C17H26N4OS/c1-3-16(15-6-4-14(2)5-7-15)19-20-17(23)18-8-9-21-10-12-22-13-11-21/h4-7H,3,8-13H2,1-2H3,(H2,18,20,23)/b19-16-. The molecule has 1 saturated heterocycles. The third-order valence-corrected chi connectivity index (χ3v) is 4.07. The molecule has 1 aromatic rings. The van der Waals surface area contributed by atoms with Crippen LogP contribution in [0, 0.1) is 6.92 Å². The minimum atomic E-state index is 0.566. The fraction of sp³-hybridized carbons (Fsp3) is 0.529. The molecule has 6 heteroatoms. The summed E-state index contributed by atoms with van der Waals surface area (Å²) in [6.45, 7) is 9.59. The first kappa shape index (κ1) is 17.8. The lowest BCUT2D eigenvalue weighted by Crippen LogP contribution is -2.43. The van der Waals surface area contributed by atoms with Gasteiger partial charge in [0, 0.05) is 26.2 Å². The molecule has 0 radical (unpaired) electrons. The summed E-state index contributed by atoms with van der Waals surface area (Å²) in [5.74, 6) is 0. The zero-order chi connectivity index (χ0) is 16.5.